The molecular formula is C14H11NO. The van der Waals surface area contributed by atoms with Crippen molar-refractivity contribution < 1.29 is 4.79 Å². The van der Waals surface area contributed by atoms with Gasteiger partial charge in [0.15, 0.2) is 5.78 Å². The Labute approximate surface area is 93.9 Å². The van der Waals surface area contributed by atoms with Crippen molar-refractivity contribution in [3.63, 3.8) is 0 Å². The Morgan fingerprint density at radius 1 is 0.875 bits per heavy atom. The molecule has 0 saturated carbocycles. The van der Waals surface area contributed by atoms with Gasteiger partial charge in [-0.1, -0.05) is 30.3 Å². The second kappa shape index (κ2) is 3.49. The number of nitrogens with one attached hydrogen (secondary N) is 1. The van der Waals surface area contributed by atoms with Gasteiger partial charge in [0.1, 0.15) is 0 Å². The fourth-order valence-corrected chi connectivity index (χ4v) is 2.04. The van der Waals surface area contributed by atoms with E-state index >= 15 is 0 Å². The van der Waals surface area contributed by atoms with Crippen LogP contribution in [0.25, 0.3) is 0 Å². The van der Waals surface area contributed by atoms with E-state index in [4.69, 9.17) is 0 Å². The second-order valence-corrected chi connectivity index (χ2v) is 3.93. The van der Waals surface area contributed by atoms with E-state index < -0.39 is 0 Å². The molecule has 0 bridgehead atoms. The summed E-state index contributed by atoms with van der Waals surface area (Å²) in [5, 5.41) is 3.31. The lowest BCUT2D eigenvalue weighted by molar-refractivity contribution is 0.0994. The smallest absolute Gasteiger partial charge is 0.169 e. The molecule has 0 amide bonds. The fraction of sp³-hybridized carbons (Fsp3) is 0.0714. The third-order valence-electron chi connectivity index (χ3n) is 2.87. The van der Waals surface area contributed by atoms with E-state index in [1.165, 1.54) is 0 Å². The minimum absolute atomic E-state index is 0.174. The number of para-hydroxylation sites is 2. The normalized spacial score (nSPS) is 13.4. The summed E-state index contributed by atoms with van der Waals surface area (Å²) in [6.07, 6.45) is 0.472. The third kappa shape index (κ3) is 1.39. The van der Waals surface area contributed by atoms with E-state index in [9.17, 15) is 4.79 Å². The number of benzene rings is 2. The monoisotopic (exact) mass is 209 g/mol. The summed E-state index contributed by atoms with van der Waals surface area (Å²) in [5.74, 6) is 0.174. The van der Waals surface area contributed by atoms with E-state index in [1.807, 2.05) is 48.5 Å². The van der Waals surface area contributed by atoms with Crippen LogP contribution in [0.15, 0.2) is 48.5 Å². The Bertz CT molecular complexity index is 560. The van der Waals surface area contributed by atoms with Crippen molar-refractivity contribution in [1.82, 2.24) is 0 Å². The molecule has 3 rings (SSSR count). The van der Waals surface area contributed by atoms with Gasteiger partial charge in [-0.2, -0.15) is 0 Å². The first-order valence-electron chi connectivity index (χ1n) is 5.32. The van der Waals surface area contributed by atoms with Crippen LogP contribution in [-0.2, 0) is 6.42 Å². The minimum Gasteiger partial charge on any atom is -0.355 e. The molecule has 1 aliphatic heterocycles. The zero-order chi connectivity index (χ0) is 11.0. The highest BCUT2D eigenvalue weighted by Crippen LogP contribution is 2.29. The standard InChI is InChI=1S/C14H11NO/c16-14-9-10-5-1-3-7-12(10)15-13-8-4-2-6-11(13)14/h1-8,15H,9H2. The Kier molecular flexibility index (Phi) is 2.00. The van der Waals surface area contributed by atoms with Crippen molar-refractivity contribution in [2.24, 2.45) is 0 Å². The highest BCUT2D eigenvalue weighted by Gasteiger charge is 2.17. The largest absolute Gasteiger partial charge is 0.355 e. The van der Waals surface area contributed by atoms with Crippen molar-refractivity contribution in [1.29, 1.82) is 0 Å². The lowest BCUT2D eigenvalue weighted by Crippen LogP contribution is -2.01. The Hall–Kier alpha value is -2.09. The molecule has 1 aliphatic rings. The van der Waals surface area contributed by atoms with Crippen molar-refractivity contribution in [2.75, 3.05) is 5.32 Å². The Morgan fingerprint density at radius 3 is 2.44 bits per heavy atom. The molecule has 0 fully saturated rings. The van der Waals surface area contributed by atoms with Crippen molar-refractivity contribution in [3.8, 4) is 0 Å². The summed E-state index contributed by atoms with van der Waals surface area (Å²) in [6, 6.07) is 15.6. The summed E-state index contributed by atoms with van der Waals surface area (Å²) in [7, 11) is 0. The van der Waals surface area contributed by atoms with Gasteiger partial charge in [-0.15, -0.1) is 0 Å². The van der Waals surface area contributed by atoms with E-state index in [-0.39, 0.29) is 5.78 Å². The number of anilines is 2. The fourth-order valence-electron chi connectivity index (χ4n) is 2.04. The van der Waals surface area contributed by atoms with Gasteiger partial charge in [-0.05, 0) is 23.8 Å². The molecule has 0 aromatic heterocycles. The SMILES string of the molecule is O=C1Cc2ccccc2Nc2ccccc21. The molecule has 0 aliphatic carbocycles. The summed E-state index contributed by atoms with van der Waals surface area (Å²) in [5.41, 5.74) is 3.76. The maximum atomic E-state index is 12.0. The average Bonchev–Trinajstić information content (AvgIpc) is 2.45. The first-order chi connectivity index (χ1) is 7.84. The van der Waals surface area contributed by atoms with Gasteiger partial charge in [0.05, 0.1) is 0 Å². The zero-order valence-corrected chi connectivity index (χ0v) is 8.73. The lowest BCUT2D eigenvalue weighted by Gasteiger charge is -2.07. The number of hydrogen-bond acceptors (Lipinski definition) is 2. The van der Waals surface area contributed by atoms with Crippen LogP contribution in [0.1, 0.15) is 15.9 Å². The van der Waals surface area contributed by atoms with E-state index in [0.29, 0.717) is 6.42 Å². The van der Waals surface area contributed by atoms with Crippen LogP contribution in [0, 0.1) is 0 Å². The molecule has 2 aromatic rings. The first kappa shape index (κ1) is 9.16. The number of fused-ring (bicyclic) bond motifs is 2. The Balaban J connectivity index is 2.18. The molecule has 0 radical (unpaired) electrons. The topological polar surface area (TPSA) is 29.1 Å². The van der Waals surface area contributed by atoms with E-state index in [1.54, 1.807) is 0 Å². The van der Waals surface area contributed by atoms with Gasteiger partial charge < -0.3 is 5.32 Å². The zero-order valence-electron chi connectivity index (χ0n) is 8.73. The van der Waals surface area contributed by atoms with Crippen LogP contribution in [0.3, 0.4) is 0 Å². The molecule has 78 valence electrons. The predicted molar refractivity (Wildman–Crippen MR) is 64.2 cm³/mol. The van der Waals surface area contributed by atoms with Gasteiger partial charge in [-0.25, -0.2) is 0 Å². The minimum atomic E-state index is 0.174. The maximum absolute atomic E-state index is 12.0. The average molecular weight is 209 g/mol. The van der Waals surface area contributed by atoms with E-state index in [0.717, 1.165) is 22.5 Å². The number of hydrogen-bond donors (Lipinski definition) is 1. The van der Waals surface area contributed by atoms with Gasteiger partial charge >= 0.3 is 0 Å². The quantitative estimate of drug-likeness (QED) is 0.722. The van der Waals surface area contributed by atoms with Crippen LogP contribution in [0.5, 0.6) is 0 Å². The molecule has 0 unspecified atom stereocenters. The predicted octanol–water partition coefficient (Wildman–Crippen LogP) is 3.17. The molecule has 0 spiro atoms. The number of carbonyl (C=O) groups excluding carboxylic acids is 1. The Morgan fingerprint density at radius 2 is 1.56 bits per heavy atom. The van der Waals surface area contributed by atoms with Crippen LogP contribution in [0.2, 0.25) is 0 Å². The molecule has 0 saturated heterocycles. The van der Waals surface area contributed by atoms with Crippen molar-refractivity contribution in [3.05, 3.63) is 59.7 Å². The van der Waals surface area contributed by atoms with Gasteiger partial charge in [0.25, 0.3) is 0 Å². The number of Topliss-reactive ketones (excluding diaryl/α,β-unsaturated/α-hetero) is 1. The number of rotatable bonds is 0. The summed E-state index contributed by atoms with van der Waals surface area (Å²) in [6.45, 7) is 0. The van der Waals surface area contributed by atoms with Crippen LogP contribution in [0.4, 0.5) is 11.4 Å². The molecule has 1 N–H and O–H groups in total. The number of ketones is 1. The molecule has 0 atom stereocenters. The van der Waals surface area contributed by atoms with Gasteiger partial charge in [0, 0.05) is 23.4 Å². The maximum Gasteiger partial charge on any atom is 0.169 e. The van der Waals surface area contributed by atoms with Crippen LogP contribution >= 0.6 is 0 Å². The summed E-state index contributed by atoms with van der Waals surface area (Å²) >= 11 is 0. The van der Waals surface area contributed by atoms with Crippen LogP contribution < -0.4 is 5.32 Å². The summed E-state index contributed by atoms with van der Waals surface area (Å²) in [4.78, 5) is 12.0. The van der Waals surface area contributed by atoms with E-state index in [2.05, 4.69) is 5.32 Å². The molecule has 16 heavy (non-hydrogen) atoms. The number of carbonyl (C=O) groups is 1. The van der Waals surface area contributed by atoms with Gasteiger partial charge in [-0.3, -0.25) is 4.79 Å². The molecule has 1 heterocycles. The third-order valence-corrected chi connectivity index (χ3v) is 2.87. The van der Waals surface area contributed by atoms with Crippen molar-refractivity contribution >= 4 is 17.2 Å². The first-order valence-corrected chi connectivity index (χ1v) is 5.32. The lowest BCUT2D eigenvalue weighted by atomic mass is 10.0. The molecule has 2 nitrogen and oxygen atoms in total. The summed E-state index contributed by atoms with van der Waals surface area (Å²) < 4.78 is 0. The van der Waals surface area contributed by atoms with Crippen molar-refractivity contribution in [2.45, 2.75) is 6.42 Å². The highest BCUT2D eigenvalue weighted by molar-refractivity contribution is 6.05. The molecule has 2 heteroatoms. The molecule has 2 aromatic carbocycles. The second-order valence-electron chi connectivity index (χ2n) is 3.93. The van der Waals surface area contributed by atoms with Gasteiger partial charge in [0.2, 0.25) is 0 Å². The van der Waals surface area contributed by atoms with Crippen LogP contribution in [-0.4, -0.2) is 5.78 Å². The molecular weight excluding hydrogens is 198 g/mol. The highest BCUT2D eigenvalue weighted by atomic mass is 16.1.